The van der Waals surface area contributed by atoms with Crippen LogP contribution in [0.5, 0.6) is 0 Å². The first-order valence-corrected chi connectivity index (χ1v) is 4.76. The summed E-state index contributed by atoms with van der Waals surface area (Å²) >= 11 is 0. The second-order valence-electron chi connectivity index (χ2n) is 3.09. The van der Waals surface area contributed by atoms with Crippen LogP contribution < -0.4 is 11.1 Å². The average molecular weight is 203 g/mol. The first kappa shape index (κ1) is 11.2. The number of hydrogen-bond acceptors (Lipinski definition) is 3. The number of nitrogens with zero attached hydrogens (tertiary/aromatic N) is 1. The van der Waals surface area contributed by atoms with E-state index in [0.29, 0.717) is 24.2 Å². The van der Waals surface area contributed by atoms with Gasteiger partial charge in [0.05, 0.1) is 11.6 Å². The van der Waals surface area contributed by atoms with E-state index < -0.39 is 0 Å². The summed E-state index contributed by atoms with van der Waals surface area (Å²) in [7, 11) is 0. The highest BCUT2D eigenvalue weighted by molar-refractivity contribution is 5.94. The van der Waals surface area contributed by atoms with Gasteiger partial charge in [-0.15, -0.1) is 0 Å². The third kappa shape index (κ3) is 3.41. The topological polar surface area (TPSA) is 78.9 Å². The zero-order chi connectivity index (χ0) is 11.1. The van der Waals surface area contributed by atoms with Crippen LogP contribution in [0.1, 0.15) is 22.3 Å². The highest BCUT2D eigenvalue weighted by Gasteiger charge is 2.04. The van der Waals surface area contributed by atoms with Gasteiger partial charge in [0.2, 0.25) is 0 Å². The minimum absolute atomic E-state index is 0.166. The van der Waals surface area contributed by atoms with E-state index in [0.717, 1.165) is 6.42 Å². The maximum absolute atomic E-state index is 11.5. The van der Waals surface area contributed by atoms with Gasteiger partial charge in [-0.1, -0.05) is 6.07 Å². The van der Waals surface area contributed by atoms with E-state index in [2.05, 4.69) is 5.32 Å². The van der Waals surface area contributed by atoms with Crippen LogP contribution >= 0.6 is 0 Å². The fourth-order valence-corrected chi connectivity index (χ4v) is 1.14. The number of carbonyl (C=O) groups is 1. The summed E-state index contributed by atoms with van der Waals surface area (Å²) in [6, 6.07) is 8.59. The minimum atomic E-state index is -0.166. The number of carbonyl (C=O) groups excluding carboxylic acids is 1. The van der Waals surface area contributed by atoms with Crippen LogP contribution in [0.15, 0.2) is 24.3 Å². The van der Waals surface area contributed by atoms with E-state index in [1.165, 1.54) is 0 Å². The molecule has 0 aromatic heterocycles. The van der Waals surface area contributed by atoms with Gasteiger partial charge >= 0.3 is 0 Å². The van der Waals surface area contributed by atoms with E-state index in [1.807, 2.05) is 6.07 Å². The molecule has 1 aromatic rings. The monoisotopic (exact) mass is 203 g/mol. The largest absolute Gasteiger partial charge is 0.352 e. The Morgan fingerprint density at radius 1 is 1.53 bits per heavy atom. The van der Waals surface area contributed by atoms with Crippen LogP contribution in [0.2, 0.25) is 0 Å². The quantitative estimate of drug-likeness (QED) is 0.705. The van der Waals surface area contributed by atoms with Crippen molar-refractivity contribution in [3.8, 4) is 6.07 Å². The molecule has 0 unspecified atom stereocenters. The molecule has 0 fully saturated rings. The molecule has 0 spiro atoms. The first-order valence-electron chi connectivity index (χ1n) is 4.76. The average Bonchev–Trinajstić information content (AvgIpc) is 2.29. The van der Waals surface area contributed by atoms with Crippen molar-refractivity contribution in [2.45, 2.75) is 6.42 Å². The molecule has 3 N–H and O–H groups in total. The summed E-state index contributed by atoms with van der Waals surface area (Å²) in [5.74, 6) is -0.166. The number of hydrogen-bond donors (Lipinski definition) is 2. The standard InChI is InChI=1S/C11H13N3O/c12-5-2-6-14-11(15)10-4-1-3-9(7-10)8-13/h1,3-4,7H,2,5-6,12H2,(H,14,15). The van der Waals surface area contributed by atoms with E-state index in [4.69, 9.17) is 11.0 Å². The molecule has 0 bridgehead atoms. The fourth-order valence-electron chi connectivity index (χ4n) is 1.14. The van der Waals surface area contributed by atoms with Crippen molar-refractivity contribution in [3.63, 3.8) is 0 Å². The Bertz CT molecular complexity index is 382. The van der Waals surface area contributed by atoms with Crippen molar-refractivity contribution < 1.29 is 4.79 Å². The molecule has 0 saturated heterocycles. The zero-order valence-corrected chi connectivity index (χ0v) is 8.36. The number of nitriles is 1. The predicted octanol–water partition coefficient (Wildman–Crippen LogP) is 0.637. The molecule has 15 heavy (non-hydrogen) atoms. The van der Waals surface area contributed by atoms with Crippen LogP contribution in [-0.4, -0.2) is 19.0 Å². The molecule has 4 heteroatoms. The molecule has 1 rings (SSSR count). The number of nitrogens with two attached hydrogens (primary N) is 1. The molecule has 1 aromatic carbocycles. The maximum Gasteiger partial charge on any atom is 0.251 e. The van der Waals surface area contributed by atoms with E-state index in [9.17, 15) is 4.79 Å². The van der Waals surface area contributed by atoms with Crippen LogP contribution in [0, 0.1) is 11.3 Å². The Morgan fingerprint density at radius 2 is 2.33 bits per heavy atom. The highest BCUT2D eigenvalue weighted by atomic mass is 16.1. The molecule has 78 valence electrons. The van der Waals surface area contributed by atoms with E-state index >= 15 is 0 Å². The smallest absolute Gasteiger partial charge is 0.251 e. The maximum atomic E-state index is 11.5. The van der Waals surface area contributed by atoms with Gasteiger partial charge in [0.15, 0.2) is 0 Å². The van der Waals surface area contributed by atoms with Crippen molar-refractivity contribution in [2.24, 2.45) is 5.73 Å². The lowest BCUT2D eigenvalue weighted by molar-refractivity contribution is 0.0953. The van der Waals surface area contributed by atoms with Gasteiger partial charge in [-0.05, 0) is 31.2 Å². The van der Waals surface area contributed by atoms with Crippen molar-refractivity contribution in [2.75, 3.05) is 13.1 Å². The van der Waals surface area contributed by atoms with Gasteiger partial charge < -0.3 is 11.1 Å². The fraction of sp³-hybridized carbons (Fsp3) is 0.273. The number of rotatable bonds is 4. The van der Waals surface area contributed by atoms with Crippen molar-refractivity contribution in [1.29, 1.82) is 5.26 Å². The summed E-state index contributed by atoms with van der Waals surface area (Å²) in [5, 5.41) is 11.4. The van der Waals surface area contributed by atoms with Gasteiger partial charge in [0, 0.05) is 12.1 Å². The van der Waals surface area contributed by atoms with Crippen molar-refractivity contribution >= 4 is 5.91 Å². The molecule has 0 radical (unpaired) electrons. The van der Waals surface area contributed by atoms with Gasteiger partial charge in [-0.25, -0.2) is 0 Å². The van der Waals surface area contributed by atoms with Crippen LogP contribution in [0.25, 0.3) is 0 Å². The van der Waals surface area contributed by atoms with E-state index in [1.54, 1.807) is 24.3 Å². The van der Waals surface area contributed by atoms with Crippen LogP contribution in [0.3, 0.4) is 0 Å². The lowest BCUT2D eigenvalue weighted by Crippen LogP contribution is -2.25. The number of nitrogens with one attached hydrogen (secondary N) is 1. The summed E-state index contributed by atoms with van der Waals surface area (Å²) in [6.07, 6.45) is 0.754. The van der Waals surface area contributed by atoms with Crippen molar-refractivity contribution in [3.05, 3.63) is 35.4 Å². The molecule has 0 atom stereocenters. The SMILES string of the molecule is N#Cc1cccc(C(=O)NCCCN)c1. The molecule has 0 aliphatic rings. The zero-order valence-electron chi connectivity index (χ0n) is 8.36. The Hall–Kier alpha value is -1.86. The minimum Gasteiger partial charge on any atom is -0.352 e. The summed E-state index contributed by atoms with van der Waals surface area (Å²) in [4.78, 5) is 11.5. The van der Waals surface area contributed by atoms with Gasteiger partial charge in [-0.2, -0.15) is 5.26 Å². The third-order valence-corrected chi connectivity index (χ3v) is 1.92. The summed E-state index contributed by atoms with van der Waals surface area (Å²) in [5.41, 5.74) is 6.30. The molecule has 0 aliphatic heterocycles. The molecule has 1 amide bonds. The summed E-state index contributed by atoms with van der Waals surface area (Å²) < 4.78 is 0. The molecule has 0 saturated carbocycles. The van der Waals surface area contributed by atoms with Crippen LogP contribution in [-0.2, 0) is 0 Å². The second kappa shape index (κ2) is 5.78. The van der Waals surface area contributed by atoms with E-state index in [-0.39, 0.29) is 5.91 Å². The second-order valence-corrected chi connectivity index (χ2v) is 3.09. The Morgan fingerprint density at radius 3 is 3.00 bits per heavy atom. The Kier molecular flexibility index (Phi) is 4.32. The molecule has 0 aliphatic carbocycles. The molecular weight excluding hydrogens is 190 g/mol. The predicted molar refractivity (Wildman–Crippen MR) is 57.2 cm³/mol. The first-order chi connectivity index (χ1) is 7.27. The lowest BCUT2D eigenvalue weighted by Gasteiger charge is -2.03. The van der Waals surface area contributed by atoms with Gasteiger partial charge in [-0.3, -0.25) is 4.79 Å². The number of amides is 1. The molecule has 0 heterocycles. The molecule has 4 nitrogen and oxygen atoms in total. The Labute approximate surface area is 88.7 Å². The lowest BCUT2D eigenvalue weighted by atomic mass is 10.1. The Balaban J connectivity index is 2.62. The van der Waals surface area contributed by atoms with Crippen LogP contribution in [0.4, 0.5) is 0 Å². The van der Waals surface area contributed by atoms with Crippen molar-refractivity contribution in [1.82, 2.24) is 5.32 Å². The summed E-state index contributed by atoms with van der Waals surface area (Å²) in [6.45, 7) is 1.12. The third-order valence-electron chi connectivity index (χ3n) is 1.92. The van der Waals surface area contributed by atoms with Gasteiger partial charge in [0.25, 0.3) is 5.91 Å². The van der Waals surface area contributed by atoms with Gasteiger partial charge in [0.1, 0.15) is 0 Å². The number of benzene rings is 1. The highest BCUT2D eigenvalue weighted by Crippen LogP contribution is 2.03. The normalized spacial score (nSPS) is 9.33. The molecular formula is C11H13N3O.